The summed E-state index contributed by atoms with van der Waals surface area (Å²) in [6, 6.07) is 12.4. The van der Waals surface area contributed by atoms with Gasteiger partial charge in [0, 0.05) is 11.9 Å². The van der Waals surface area contributed by atoms with Crippen LogP contribution in [0.25, 0.3) is 22.6 Å². The number of rotatable bonds is 8. The maximum atomic E-state index is 12.2. The highest BCUT2D eigenvalue weighted by molar-refractivity contribution is 7.96. The second-order valence-corrected chi connectivity index (χ2v) is 10.2. The quantitative estimate of drug-likeness (QED) is 0.321. The Morgan fingerprint density at radius 2 is 1.93 bits per heavy atom. The molecule has 0 saturated carbocycles. The predicted octanol–water partition coefficient (Wildman–Crippen LogP) is 2.97. The molecule has 0 unspecified atom stereocenters. The van der Waals surface area contributed by atoms with Crippen LogP contribution in [0.15, 0.2) is 47.4 Å². The van der Waals surface area contributed by atoms with Crippen molar-refractivity contribution in [3.05, 3.63) is 48.2 Å². The number of aromatic amines is 1. The van der Waals surface area contributed by atoms with Crippen molar-refractivity contribution in [3.8, 4) is 22.6 Å². The molecular weight excluding hydrogens is 424 g/mol. The number of esters is 1. The number of sulfone groups is 1. The van der Waals surface area contributed by atoms with E-state index in [1.807, 2.05) is 49.6 Å². The Balaban J connectivity index is 1.82. The predicted molar refractivity (Wildman–Crippen MR) is 118 cm³/mol. The monoisotopic (exact) mass is 448 g/mol. The van der Waals surface area contributed by atoms with E-state index in [1.54, 1.807) is 22.9 Å². The van der Waals surface area contributed by atoms with E-state index in [0.29, 0.717) is 0 Å². The van der Waals surface area contributed by atoms with E-state index >= 15 is 0 Å². The van der Waals surface area contributed by atoms with Crippen molar-refractivity contribution in [1.29, 1.82) is 0 Å². The van der Waals surface area contributed by atoms with Crippen molar-refractivity contribution in [2.24, 2.45) is 0 Å². The standard InChI is InChI=1S/C20H24N4O4S2/c1-14-10-19(24(22-14)12-20(25)28-13-29-23(2)3)18-9-8-17(21-18)15-6-5-7-16(11-15)30(4,26)27/h5-11,21H,12-13H2,1-4H3. The fourth-order valence-corrected chi connectivity index (χ4v) is 3.92. The normalized spacial score (nSPS) is 11.8. The van der Waals surface area contributed by atoms with Crippen LogP contribution < -0.4 is 0 Å². The first-order chi connectivity index (χ1) is 14.1. The van der Waals surface area contributed by atoms with Crippen molar-refractivity contribution in [2.75, 3.05) is 26.3 Å². The Labute approximate surface area is 180 Å². The Morgan fingerprint density at radius 3 is 2.63 bits per heavy atom. The first kappa shape index (κ1) is 22.1. The molecule has 0 atom stereocenters. The van der Waals surface area contributed by atoms with E-state index in [-0.39, 0.29) is 23.3 Å². The number of nitrogens with zero attached hydrogens (tertiary/aromatic N) is 3. The second kappa shape index (κ2) is 9.07. The number of hydrogen-bond donors (Lipinski definition) is 1. The molecule has 2 aromatic heterocycles. The van der Waals surface area contributed by atoms with Crippen LogP contribution in [0.4, 0.5) is 0 Å². The molecule has 0 bridgehead atoms. The van der Waals surface area contributed by atoms with Gasteiger partial charge >= 0.3 is 5.97 Å². The highest BCUT2D eigenvalue weighted by atomic mass is 32.2. The smallest absolute Gasteiger partial charge is 0.328 e. The Hall–Kier alpha value is -2.56. The van der Waals surface area contributed by atoms with Crippen LogP contribution in [0, 0.1) is 6.92 Å². The van der Waals surface area contributed by atoms with Gasteiger partial charge in [0.05, 0.1) is 22.0 Å². The number of benzene rings is 1. The molecule has 0 aliphatic heterocycles. The Morgan fingerprint density at radius 1 is 1.20 bits per heavy atom. The molecule has 3 rings (SSSR count). The van der Waals surface area contributed by atoms with E-state index in [0.717, 1.165) is 28.3 Å². The molecule has 0 amide bonds. The van der Waals surface area contributed by atoms with E-state index in [1.165, 1.54) is 18.2 Å². The maximum absolute atomic E-state index is 12.2. The first-order valence-corrected chi connectivity index (χ1v) is 12.0. The van der Waals surface area contributed by atoms with Crippen molar-refractivity contribution < 1.29 is 17.9 Å². The maximum Gasteiger partial charge on any atom is 0.328 e. The minimum Gasteiger partial charge on any atom is -0.452 e. The third-order valence-corrected chi connectivity index (χ3v) is 6.10. The van der Waals surface area contributed by atoms with Crippen LogP contribution in [-0.2, 0) is 25.9 Å². The SMILES string of the molecule is Cc1cc(-c2ccc(-c3cccc(S(C)(=O)=O)c3)[nH]2)n(CC(=O)OCSN(C)C)n1. The lowest BCUT2D eigenvalue weighted by atomic mass is 10.2. The van der Waals surface area contributed by atoms with Gasteiger partial charge in [0.15, 0.2) is 15.8 Å². The molecule has 30 heavy (non-hydrogen) atoms. The molecule has 8 nitrogen and oxygen atoms in total. The zero-order valence-corrected chi connectivity index (χ0v) is 18.9. The number of aromatic nitrogens is 3. The second-order valence-electron chi connectivity index (χ2n) is 6.99. The van der Waals surface area contributed by atoms with Crippen molar-refractivity contribution in [3.63, 3.8) is 0 Å². The minimum absolute atomic E-state index is 0.00488. The summed E-state index contributed by atoms with van der Waals surface area (Å²) in [6.45, 7) is 1.85. The number of aryl methyl sites for hydroxylation is 1. The number of carbonyl (C=O) groups is 1. The topological polar surface area (TPSA) is 97.3 Å². The van der Waals surface area contributed by atoms with Gasteiger partial charge in [-0.15, -0.1) is 0 Å². The van der Waals surface area contributed by atoms with Crippen molar-refractivity contribution in [1.82, 2.24) is 19.1 Å². The molecule has 10 heteroatoms. The molecular formula is C20H24N4O4S2. The van der Waals surface area contributed by atoms with Gasteiger partial charge in [-0.2, -0.15) is 5.10 Å². The molecule has 2 heterocycles. The summed E-state index contributed by atoms with van der Waals surface area (Å²) in [5.41, 5.74) is 3.81. The van der Waals surface area contributed by atoms with E-state index in [2.05, 4.69) is 10.1 Å². The van der Waals surface area contributed by atoms with Gasteiger partial charge in [0.2, 0.25) is 0 Å². The Kier molecular flexibility index (Phi) is 6.69. The molecule has 0 fully saturated rings. The molecule has 0 aliphatic carbocycles. The van der Waals surface area contributed by atoms with E-state index in [4.69, 9.17) is 4.74 Å². The number of hydrogen-bond acceptors (Lipinski definition) is 7. The fourth-order valence-electron chi connectivity index (χ4n) is 2.86. The molecule has 3 aromatic rings. The lowest BCUT2D eigenvalue weighted by Crippen LogP contribution is -2.16. The van der Waals surface area contributed by atoms with Crippen molar-refractivity contribution in [2.45, 2.75) is 18.4 Å². The lowest BCUT2D eigenvalue weighted by molar-refractivity contribution is -0.142. The highest BCUT2D eigenvalue weighted by Gasteiger charge is 2.15. The van der Waals surface area contributed by atoms with Crippen LogP contribution in [0.1, 0.15) is 5.69 Å². The molecule has 0 spiro atoms. The summed E-state index contributed by atoms with van der Waals surface area (Å²) in [5, 5.41) is 4.40. The van der Waals surface area contributed by atoms with Gasteiger partial charge in [0.25, 0.3) is 0 Å². The molecule has 160 valence electrons. The number of H-pyrrole nitrogens is 1. The van der Waals surface area contributed by atoms with E-state index in [9.17, 15) is 13.2 Å². The molecule has 0 radical (unpaired) electrons. The third kappa shape index (κ3) is 5.53. The zero-order chi connectivity index (χ0) is 21.9. The molecule has 1 aromatic carbocycles. The average Bonchev–Trinajstić information content (AvgIpc) is 3.27. The van der Waals surface area contributed by atoms with Gasteiger partial charge in [-0.05, 0) is 68.9 Å². The van der Waals surface area contributed by atoms with Crippen LogP contribution in [-0.4, -0.2) is 59.7 Å². The largest absolute Gasteiger partial charge is 0.452 e. The summed E-state index contributed by atoms with van der Waals surface area (Å²) in [5.74, 6) is -0.133. The zero-order valence-electron chi connectivity index (χ0n) is 17.2. The molecule has 1 N–H and O–H groups in total. The van der Waals surface area contributed by atoms with Gasteiger partial charge in [-0.1, -0.05) is 12.1 Å². The van der Waals surface area contributed by atoms with Crippen LogP contribution in [0.5, 0.6) is 0 Å². The summed E-state index contributed by atoms with van der Waals surface area (Å²) < 4.78 is 32.4. The van der Waals surface area contributed by atoms with Crippen LogP contribution >= 0.6 is 11.9 Å². The summed E-state index contributed by atoms with van der Waals surface area (Å²) >= 11 is 1.39. The lowest BCUT2D eigenvalue weighted by Gasteiger charge is -2.10. The summed E-state index contributed by atoms with van der Waals surface area (Å²) in [6.07, 6.45) is 1.18. The number of ether oxygens (including phenoxy) is 1. The average molecular weight is 449 g/mol. The van der Waals surface area contributed by atoms with Gasteiger partial charge in [-0.3, -0.25) is 13.8 Å². The Bertz CT molecular complexity index is 1150. The molecule has 0 aliphatic rings. The fraction of sp³-hybridized carbons (Fsp3) is 0.300. The number of nitrogens with one attached hydrogen (secondary N) is 1. The van der Waals surface area contributed by atoms with E-state index < -0.39 is 9.84 Å². The highest BCUT2D eigenvalue weighted by Crippen LogP contribution is 2.27. The van der Waals surface area contributed by atoms with Gasteiger partial charge < -0.3 is 9.72 Å². The summed E-state index contributed by atoms with van der Waals surface area (Å²) in [4.78, 5) is 15.7. The summed E-state index contributed by atoms with van der Waals surface area (Å²) in [7, 11) is 0.461. The van der Waals surface area contributed by atoms with Crippen LogP contribution in [0.2, 0.25) is 0 Å². The van der Waals surface area contributed by atoms with Crippen LogP contribution in [0.3, 0.4) is 0 Å². The number of carbonyl (C=O) groups excluding carboxylic acids is 1. The third-order valence-electron chi connectivity index (χ3n) is 4.25. The van der Waals surface area contributed by atoms with Crippen molar-refractivity contribution >= 4 is 27.8 Å². The van der Waals surface area contributed by atoms with Gasteiger partial charge in [-0.25, -0.2) is 8.42 Å². The van der Waals surface area contributed by atoms with Gasteiger partial charge in [0.1, 0.15) is 6.54 Å². The first-order valence-electron chi connectivity index (χ1n) is 9.13. The molecule has 0 saturated heterocycles. The minimum atomic E-state index is -3.29.